The highest BCUT2D eigenvalue weighted by atomic mass is 127. The highest BCUT2D eigenvalue weighted by Gasteiger charge is 2.05. The summed E-state index contributed by atoms with van der Waals surface area (Å²) < 4.78 is 5.68. The fourth-order valence-corrected chi connectivity index (χ4v) is 2.65. The Kier molecular flexibility index (Phi) is 13.3. The van der Waals surface area contributed by atoms with Gasteiger partial charge in [-0.2, -0.15) is 0 Å². The summed E-state index contributed by atoms with van der Waals surface area (Å²) in [5.41, 5.74) is 1.77. The molecule has 0 saturated carbocycles. The van der Waals surface area contributed by atoms with Gasteiger partial charge in [0.1, 0.15) is 5.75 Å². The predicted octanol–water partition coefficient (Wildman–Crippen LogP) is 3.97. The molecule has 0 saturated heterocycles. The molecule has 6 nitrogen and oxygen atoms in total. The van der Waals surface area contributed by atoms with E-state index in [9.17, 15) is 4.79 Å². The molecule has 164 valence electrons. The summed E-state index contributed by atoms with van der Waals surface area (Å²) in [5, 5.41) is 9.49. The molecule has 0 bridgehead atoms. The van der Waals surface area contributed by atoms with Gasteiger partial charge in [-0.05, 0) is 42.7 Å². The van der Waals surface area contributed by atoms with Crippen LogP contribution < -0.4 is 20.7 Å². The van der Waals surface area contributed by atoms with Gasteiger partial charge in [-0.1, -0.05) is 43.7 Å². The topological polar surface area (TPSA) is 74.8 Å². The van der Waals surface area contributed by atoms with Crippen molar-refractivity contribution in [1.82, 2.24) is 16.0 Å². The molecule has 0 aliphatic rings. The molecule has 2 rings (SSSR count). The number of unbranched alkanes of at least 4 members (excludes halogenated alkanes) is 1. The summed E-state index contributed by atoms with van der Waals surface area (Å²) in [5.74, 6) is 1.61. The highest BCUT2D eigenvalue weighted by Crippen LogP contribution is 2.08. The third-order valence-electron chi connectivity index (χ3n) is 4.34. The van der Waals surface area contributed by atoms with Crippen LogP contribution in [0, 0.1) is 0 Å². The Hall–Kier alpha value is -2.29. The van der Waals surface area contributed by atoms with Crippen LogP contribution >= 0.6 is 24.0 Å². The zero-order chi connectivity index (χ0) is 20.7. The van der Waals surface area contributed by atoms with E-state index < -0.39 is 0 Å². The largest absolute Gasteiger partial charge is 0.494 e. The first-order valence-corrected chi connectivity index (χ1v) is 10.2. The molecular formula is C23H33IN4O2. The standard InChI is InChI=1S/C23H32N4O2.HI/c1-3-4-15-25-22(28)20-13-11-19(12-14-20)18-27-23(24-2)26-16-8-17-29-21-9-6-5-7-10-21;/h5-7,9-14H,3-4,8,15-18H2,1-2H3,(H,25,28)(H2,24,26,27);1H. The second kappa shape index (κ2) is 15.5. The van der Waals surface area contributed by atoms with Crippen molar-refractivity contribution in [2.24, 2.45) is 4.99 Å². The Morgan fingerprint density at radius 3 is 2.30 bits per heavy atom. The summed E-state index contributed by atoms with van der Waals surface area (Å²) in [7, 11) is 1.75. The lowest BCUT2D eigenvalue weighted by molar-refractivity contribution is 0.0953. The molecule has 0 aliphatic heterocycles. The summed E-state index contributed by atoms with van der Waals surface area (Å²) in [6, 6.07) is 17.4. The monoisotopic (exact) mass is 524 g/mol. The first kappa shape index (κ1) is 25.7. The number of ether oxygens (including phenoxy) is 1. The number of nitrogens with one attached hydrogen (secondary N) is 3. The number of para-hydroxylation sites is 1. The smallest absolute Gasteiger partial charge is 0.251 e. The van der Waals surface area contributed by atoms with E-state index in [0.717, 1.165) is 49.6 Å². The molecule has 0 spiro atoms. The van der Waals surface area contributed by atoms with Crippen molar-refractivity contribution in [2.45, 2.75) is 32.7 Å². The van der Waals surface area contributed by atoms with Crippen molar-refractivity contribution >= 4 is 35.8 Å². The number of hydrogen-bond acceptors (Lipinski definition) is 3. The molecule has 0 fully saturated rings. The van der Waals surface area contributed by atoms with Gasteiger partial charge in [0.2, 0.25) is 0 Å². The predicted molar refractivity (Wildman–Crippen MR) is 134 cm³/mol. The molecule has 0 unspecified atom stereocenters. The minimum absolute atomic E-state index is 0. The summed E-state index contributed by atoms with van der Waals surface area (Å²) in [6.45, 7) is 4.88. The van der Waals surface area contributed by atoms with Crippen molar-refractivity contribution in [3.05, 3.63) is 65.7 Å². The number of guanidine groups is 1. The average molecular weight is 524 g/mol. The van der Waals surface area contributed by atoms with Crippen LogP contribution in [0.25, 0.3) is 0 Å². The Labute approximate surface area is 196 Å². The number of carbonyl (C=O) groups excluding carboxylic acids is 1. The fraction of sp³-hybridized carbons (Fsp3) is 0.391. The Balaban J connectivity index is 0.00000450. The van der Waals surface area contributed by atoms with Crippen molar-refractivity contribution < 1.29 is 9.53 Å². The second-order valence-electron chi connectivity index (χ2n) is 6.67. The van der Waals surface area contributed by atoms with Gasteiger partial charge in [0.05, 0.1) is 6.61 Å². The molecule has 0 heterocycles. The maximum absolute atomic E-state index is 12.0. The molecule has 2 aromatic carbocycles. The lowest BCUT2D eigenvalue weighted by atomic mass is 10.1. The molecule has 0 aromatic heterocycles. The number of nitrogens with zero attached hydrogens (tertiary/aromatic N) is 1. The van der Waals surface area contributed by atoms with Crippen LogP contribution in [-0.2, 0) is 6.54 Å². The van der Waals surface area contributed by atoms with Gasteiger partial charge in [-0.3, -0.25) is 9.79 Å². The van der Waals surface area contributed by atoms with Crippen molar-refractivity contribution in [2.75, 3.05) is 26.7 Å². The third-order valence-corrected chi connectivity index (χ3v) is 4.34. The molecule has 30 heavy (non-hydrogen) atoms. The van der Waals surface area contributed by atoms with Crippen LogP contribution in [0.4, 0.5) is 0 Å². The van der Waals surface area contributed by atoms with Gasteiger partial charge < -0.3 is 20.7 Å². The van der Waals surface area contributed by atoms with E-state index in [1.54, 1.807) is 7.05 Å². The van der Waals surface area contributed by atoms with E-state index in [1.165, 1.54) is 0 Å². The van der Waals surface area contributed by atoms with E-state index in [4.69, 9.17) is 4.74 Å². The minimum Gasteiger partial charge on any atom is -0.494 e. The molecule has 0 aliphatic carbocycles. The normalized spacial score (nSPS) is 10.7. The Bertz CT molecular complexity index is 752. The number of aliphatic imine (C=N–C) groups is 1. The Morgan fingerprint density at radius 2 is 1.63 bits per heavy atom. The SMILES string of the molecule is CCCCNC(=O)c1ccc(CNC(=NC)NCCCOc2ccccc2)cc1.I. The number of carbonyl (C=O) groups is 1. The zero-order valence-corrected chi connectivity index (χ0v) is 20.1. The molecule has 1 amide bonds. The summed E-state index contributed by atoms with van der Waals surface area (Å²) in [4.78, 5) is 16.3. The molecule has 3 N–H and O–H groups in total. The van der Waals surface area contributed by atoms with Crippen molar-refractivity contribution in [1.29, 1.82) is 0 Å². The van der Waals surface area contributed by atoms with Gasteiger partial charge in [-0.25, -0.2) is 0 Å². The lowest BCUT2D eigenvalue weighted by Crippen LogP contribution is -2.37. The molecule has 7 heteroatoms. The Morgan fingerprint density at radius 1 is 0.933 bits per heavy atom. The lowest BCUT2D eigenvalue weighted by Gasteiger charge is -2.12. The van der Waals surface area contributed by atoms with Crippen LogP contribution in [0.15, 0.2) is 59.6 Å². The van der Waals surface area contributed by atoms with E-state index >= 15 is 0 Å². The van der Waals surface area contributed by atoms with E-state index in [0.29, 0.717) is 18.7 Å². The second-order valence-corrected chi connectivity index (χ2v) is 6.67. The summed E-state index contributed by atoms with van der Waals surface area (Å²) in [6.07, 6.45) is 2.94. The van der Waals surface area contributed by atoms with E-state index in [-0.39, 0.29) is 29.9 Å². The van der Waals surface area contributed by atoms with E-state index in [1.807, 2.05) is 54.6 Å². The molecule has 0 atom stereocenters. The van der Waals surface area contributed by atoms with Crippen LogP contribution in [0.5, 0.6) is 5.75 Å². The van der Waals surface area contributed by atoms with E-state index in [2.05, 4.69) is 27.9 Å². The first-order valence-electron chi connectivity index (χ1n) is 10.2. The molecule has 2 aromatic rings. The van der Waals surface area contributed by atoms with Gasteiger partial charge in [0, 0.05) is 32.2 Å². The number of amides is 1. The number of benzene rings is 2. The summed E-state index contributed by atoms with van der Waals surface area (Å²) >= 11 is 0. The quantitative estimate of drug-likeness (QED) is 0.180. The maximum atomic E-state index is 12.0. The van der Waals surface area contributed by atoms with Crippen molar-refractivity contribution in [3.63, 3.8) is 0 Å². The number of halogens is 1. The maximum Gasteiger partial charge on any atom is 0.251 e. The zero-order valence-electron chi connectivity index (χ0n) is 17.8. The number of rotatable bonds is 11. The first-order chi connectivity index (χ1) is 14.2. The van der Waals surface area contributed by atoms with Crippen LogP contribution in [0.1, 0.15) is 42.1 Å². The van der Waals surface area contributed by atoms with Crippen molar-refractivity contribution in [3.8, 4) is 5.75 Å². The minimum atomic E-state index is -0.0202. The van der Waals surface area contributed by atoms with Gasteiger partial charge >= 0.3 is 0 Å². The molecule has 0 radical (unpaired) electrons. The highest BCUT2D eigenvalue weighted by molar-refractivity contribution is 14.0. The van der Waals surface area contributed by atoms with Gasteiger partial charge in [0.15, 0.2) is 5.96 Å². The molecular weight excluding hydrogens is 491 g/mol. The fourth-order valence-electron chi connectivity index (χ4n) is 2.65. The number of hydrogen-bond donors (Lipinski definition) is 3. The third kappa shape index (κ3) is 9.96. The average Bonchev–Trinajstić information content (AvgIpc) is 2.77. The van der Waals surface area contributed by atoms with Crippen LogP contribution in [-0.4, -0.2) is 38.6 Å². The van der Waals surface area contributed by atoms with Gasteiger partial charge in [0.25, 0.3) is 5.91 Å². The van der Waals surface area contributed by atoms with Crippen LogP contribution in [0.2, 0.25) is 0 Å². The van der Waals surface area contributed by atoms with Gasteiger partial charge in [-0.15, -0.1) is 24.0 Å². The van der Waals surface area contributed by atoms with Crippen LogP contribution in [0.3, 0.4) is 0 Å².